The Bertz CT molecular complexity index is 491. The fourth-order valence-electron chi connectivity index (χ4n) is 2.63. The molecule has 3 N–H and O–H groups in total. The van der Waals surface area contributed by atoms with Gasteiger partial charge < -0.3 is 15.7 Å². The molecule has 1 aromatic carbocycles. The molecule has 104 valence electrons. The number of aromatic carboxylic acids is 1. The molecule has 4 heteroatoms. The lowest BCUT2D eigenvalue weighted by molar-refractivity contribution is 0.0698. The molecule has 0 aromatic heterocycles. The highest BCUT2D eigenvalue weighted by Gasteiger charge is 2.32. The van der Waals surface area contributed by atoms with E-state index in [-0.39, 0.29) is 11.0 Å². The smallest absolute Gasteiger partial charge is 0.337 e. The Morgan fingerprint density at radius 1 is 1.42 bits per heavy atom. The molecule has 1 aromatic rings. The first-order valence-corrected chi connectivity index (χ1v) is 6.67. The van der Waals surface area contributed by atoms with Crippen molar-refractivity contribution < 1.29 is 9.90 Å². The van der Waals surface area contributed by atoms with Gasteiger partial charge in [0.05, 0.1) is 5.56 Å². The van der Waals surface area contributed by atoms with E-state index < -0.39 is 5.97 Å². The van der Waals surface area contributed by atoms with Crippen LogP contribution in [-0.4, -0.2) is 24.2 Å². The van der Waals surface area contributed by atoms with E-state index in [1.165, 1.54) is 0 Å². The number of carboxylic acid groups (broad SMARTS) is 1. The zero-order valence-corrected chi connectivity index (χ0v) is 11.8. The van der Waals surface area contributed by atoms with Crippen molar-refractivity contribution in [3.05, 3.63) is 23.8 Å². The maximum atomic E-state index is 11.1. The van der Waals surface area contributed by atoms with Crippen LogP contribution in [0.5, 0.6) is 0 Å². The number of hydrogen-bond acceptors (Lipinski definition) is 3. The minimum Gasteiger partial charge on any atom is -0.478 e. The van der Waals surface area contributed by atoms with Crippen LogP contribution >= 0.6 is 0 Å². The Balaban J connectivity index is 2.20. The minimum atomic E-state index is -0.967. The third-order valence-electron chi connectivity index (χ3n) is 4.05. The molecule has 0 amide bonds. The van der Waals surface area contributed by atoms with Gasteiger partial charge in [-0.25, -0.2) is 4.79 Å². The first kappa shape index (κ1) is 13.7. The molecule has 4 nitrogen and oxygen atoms in total. The number of hydrogen-bond donors (Lipinski definition) is 2. The molecule has 1 aliphatic rings. The van der Waals surface area contributed by atoms with Crippen LogP contribution in [0.1, 0.15) is 37.6 Å². The van der Waals surface area contributed by atoms with Crippen molar-refractivity contribution in [1.82, 2.24) is 0 Å². The summed E-state index contributed by atoms with van der Waals surface area (Å²) in [5.74, 6) is -0.329. The highest BCUT2D eigenvalue weighted by molar-refractivity contribution is 5.94. The maximum Gasteiger partial charge on any atom is 0.337 e. The first-order valence-electron chi connectivity index (χ1n) is 6.67. The van der Waals surface area contributed by atoms with E-state index in [1.807, 2.05) is 6.07 Å². The van der Waals surface area contributed by atoms with Crippen molar-refractivity contribution in [3.8, 4) is 0 Å². The number of nitrogens with two attached hydrogens (primary N) is 1. The van der Waals surface area contributed by atoms with Crippen LogP contribution in [0.15, 0.2) is 18.2 Å². The summed E-state index contributed by atoms with van der Waals surface area (Å²) in [6.45, 7) is 8.73. The number of anilines is 2. The number of carbonyl (C=O) groups is 1. The van der Waals surface area contributed by atoms with Gasteiger partial charge in [-0.1, -0.05) is 20.8 Å². The lowest BCUT2D eigenvalue weighted by Gasteiger charge is -2.27. The molecule has 2 rings (SSSR count). The second-order valence-electron chi connectivity index (χ2n) is 6.37. The van der Waals surface area contributed by atoms with Crippen molar-refractivity contribution in [2.45, 2.75) is 27.2 Å². The molecule has 1 unspecified atom stereocenters. The Morgan fingerprint density at radius 2 is 2.11 bits per heavy atom. The van der Waals surface area contributed by atoms with Gasteiger partial charge in [0.1, 0.15) is 0 Å². The van der Waals surface area contributed by atoms with Gasteiger partial charge in [0.2, 0.25) is 0 Å². The second-order valence-corrected chi connectivity index (χ2v) is 6.37. The minimum absolute atomic E-state index is 0.191. The largest absolute Gasteiger partial charge is 0.478 e. The summed E-state index contributed by atoms with van der Waals surface area (Å²) >= 11 is 0. The van der Waals surface area contributed by atoms with Gasteiger partial charge in [-0.05, 0) is 36.0 Å². The molecule has 1 saturated heterocycles. The SMILES string of the molecule is CC(C)(C)C1CCN(c2ccc(N)c(C(=O)O)c2)C1. The van der Waals surface area contributed by atoms with Gasteiger partial charge in [-0.2, -0.15) is 0 Å². The second kappa shape index (κ2) is 4.76. The lowest BCUT2D eigenvalue weighted by atomic mass is 9.80. The average Bonchev–Trinajstić information content (AvgIpc) is 2.78. The van der Waals surface area contributed by atoms with E-state index in [9.17, 15) is 4.79 Å². The van der Waals surface area contributed by atoms with Gasteiger partial charge >= 0.3 is 5.97 Å². The first-order chi connectivity index (χ1) is 8.79. The highest BCUT2D eigenvalue weighted by atomic mass is 16.4. The van der Waals surface area contributed by atoms with E-state index in [2.05, 4.69) is 25.7 Å². The Labute approximate surface area is 114 Å². The molecule has 19 heavy (non-hydrogen) atoms. The average molecular weight is 262 g/mol. The van der Waals surface area contributed by atoms with Crippen molar-refractivity contribution in [3.63, 3.8) is 0 Å². The Kier molecular flexibility index (Phi) is 3.43. The van der Waals surface area contributed by atoms with E-state index >= 15 is 0 Å². The number of nitrogen functional groups attached to an aromatic ring is 1. The van der Waals surface area contributed by atoms with Gasteiger partial charge in [0, 0.05) is 24.5 Å². The van der Waals surface area contributed by atoms with Crippen molar-refractivity contribution in [1.29, 1.82) is 0 Å². The maximum absolute atomic E-state index is 11.1. The third kappa shape index (κ3) is 2.83. The van der Waals surface area contributed by atoms with Crippen LogP contribution in [0.2, 0.25) is 0 Å². The predicted molar refractivity (Wildman–Crippen MR) is 77.6 cm³/mol. The normalized spacial score (nSPS) is 19.7. The lowest BCUT2D eigenvalue weighted by Crippen LogP contribution is -2.26. The number of benzene rings is 1. The van der Waals surface area contributed by atoms with Crippen LogP contribution in [-0.2, 0) is 0 Å². The van der Waals surface area contributed by atoms with Crippen LogP contribution < -0.4 is 10.6 Å². The monoisotopic (exact) mass is 262 g/mol. The summed E-state index contributed by atoms with van der Waals surface area (Å²) in [5, 5.41) is 9.12. The molecule has 0 aliphatic carbocycles. The molecular formula is C15H22N2O2. The molecule has 0 spiro atoms. The summed E-state index contributed by atoms with van der Waals surface area (Å²) in [7, 11) is 0. The Hall–Kier alpha value is -1.71. The molecule has 1 heterocycles. The standard InChI is InChI=1S/C15H22N2O2/c1-15(2,3)10-6-7-17(9-10)11-4-5-13(16)12(8-11)14(18)19/h4-5,8,10H,6-7,9,16H2,1-3H3,(H,18,19). The summed E-state index contributed by atoms with van der Waals surface area (Å²) in [6, 6.07) is 5.28. The fourth-order valence-corrected chi connectivity index (χ4v) is 2.63. The number of rotatable bonds is 2. The molecule has 1 aliphatic heterocycles. The Morgan fingerprint density at radius 3 is 2.63 bits per heavy atom. The van der Waals surface area contributed by atoms with Crippen LogP contribution in [0, 0.1) is 11.3 Å². The van der Waals surface area contributed by atoms with E-state index in [0.717, 1.165) is 25.2 Å². The van der Waals surface area contributed by atoms with Gasteiger partial charge in [0.15, 0.2) is 0 Å². The van der Waals surface area contributed by atoms with Crippen LogP contribution in [0.3, 0.4) is 0 Å². The summed E-state index contributed by atoms with van der Waals surface area (Å²) < 4.78 is 0. The summed E-state index contributed by atoms with van der Waals surface area (Å²) in [5.41, 5.74) is 7.45. The molecule has 1 fully saturated rings. The molecule has 0 bridgehead atoms. The fraction of sp³-hybridized carbons (Fsp3) is 0.533. The number of carboxylic acids is 1. The zero-order valence-electron chi connectivity index (χ0n) is 11.8. The molecule has 0 saturated carbocycles. The molecule has 0 radical (unpaired) electrons. The van der Waals surface area contributed by atoms with Crippen molar-refractivity contribution >= 4 is 17.3 Å². The zero-order chi connectivity index (χ0) is 14.2. The predicted octanol–water partition coefficient (Wildman–Crippen LogP) is 2.84. The quantitative estimate of drug-likeness (QED) is 0.804. The van der Waals surface area contributed by atoms with E-state index in [0.29, 0.717) is 11.6 Å². The highest BCUT2D eigenvalue weighted by Crippen LogP contribution is 2.36. The van der Waals surface area contributed by atoms with Gasteiger partial charge in [0.25, 0.3) is 0 Å². The summed E-state index contributed by atoms with van der Waals surface area (Å²) in [6.07, 6.45) is 1.15. The molecule has 1 atom stereocenters. The van der Waals surface area contributed by atoms with Gasteiger partial charge in [-0.15, -0.1) is 0 Å². The third-order valence-corrected chi connectivity index (χ3v) is 4.05. The van der Waals surface area contributed by atoms with E-state index in [4.69, 9.17) is 10.8 Å². The van der Waals surface area contributed by atoms with Crippen molar-refractivity contribution in [2.24, 2.45) is 11.3 Å². The topological polar surface area (TPSA) is 66.6 Å². The number of nitrogens with zero attached hydrogens (tertiary/aromatic N) is 1. The van der Waals surface area contributed by atoms with Gasteiger partial charge in [-0.3, -0.25) is 0 Å². The molecular weight excluding hydrogens is 240 g/mol. The van der Waals surface area contributed by atoms with Crippen LogP contribution in [0.4, 0.5) is 11.4 Å². The van der Waals surface area contributed by atoms with Crippen molar-refractivity contribution in [2.75, 3.05) is 23.7 Å². The van der Waals surface area contributed by atoms with E-state index in [1.54, 1.807) is 12.1 Å². The van der Waals surface area contributed by atoms with Crippen LogP contribution in [0.25, 0.3) is 0 Å². The summed E-state index contributed by atoms with van der Waals surface area (Å²) in [4.78, 5) is 13.4.